The molecule has 0 aromatic heterocycles. The summed E-state index contributed by atoms with van der Waals surface area (Å²) in [5.74, 6) is -2.86. The van der Waals surface area contributed by atoms with Crippen LogP contribution < -0.4 is 5.32 Å². The number of nitro groups is 1. The number of nitro benzene ring substituents is 1. The molecule has 0 aliphatic carbocycles. The highest BCUT2D eigenvalue weighted by Crippen LogP contribution is 2.30. The zero-order valence-corrected chi connectivity index (χ0v) is 11.1. The molecule has 0 unspecified atom stereocenters. The van der Waals surface area contributed by atoms with Gasteiger partial charge in [0.15, 0.2) is 11.6 Å². The maximum Gasteiger partial charge on any atom is 0.294 e. The summed E-state index contributed by atoms with van der Waals surface area (Å²) >= 11 is 5.49. The number of benzene rings is 2. The van der Waals surface area contributed by atoms with Crippen molar-refractivity contribution in [3.05, 3.63) is 68.5 Å². The molecule has 4 nitrogen and oxygen atoms in total. The van der Waals surface area contributed by atoms with E-state index in [-0.39, 0.29) is 17.3 Å². The third-order valence-corrected chi connectivity index (χ3v) is 2.99. The van der Waals surface area contributed by atoms with Crippen molar-refractivity contribution in [1.29, 1.82) is 0 Å². The van der Waals surface area contributed by atoms with Gasteiger partial charge in [-0.15, -0.1) is 0 Å². The van der Waals surface area contributed by atoms with Crippen LogP contribution in [0.15, 0.2) is 30.3 Å². The molecule has 0 atom stereocenters. The predicted octanol–water partition coefficient (Wildman–Crippen LogP) is 4.28. The minimum atomic E-state index is -1.04. The van der Waals surface area contributed by atoms with Gasteiger partial charge in [-0.05, 0) is 17.7 Å². The molecule has 2 rings (SSSR count). The van der Waals surface area contributed by atoms with Gasteiger partial charge in [0.25, 0.3) is 5.69 Å². The Bertz CT molecular complexity index is 710. The van der Waals surface area contributed by atoms with Crippen LogP contribution >= 0.6 is 11.6 Å². The molecule has 0 spiro atoms. The molecule has 0 radical (unpaired) electrons. The molecule has 0 heterocycles. The zero-order chi connectivity index (χ0) is 15.6. The van der Waals surface area contributed by atoms with Gasteiger partial charge in [-0.25, -0.2) is 13.2 Å². The summed E-state index contributed by atoms with van der Waals surface area (Å²) in [5.41, 5.74) is -0.172. The molecule has 0 aliphatic heterocycles. The van der Waals surface area contributed by atoms with Crippen LogP contribution in [0.4, 0.5) is 24.5 Å². The average Bonchev–Trinajstić information content (AvgIpc) is 2.43. The van der Waals surface area contributed by atoms with Gasteiger partial charge in [-0.1, -0.05) is 17.7 Å². The van der Waals surface area contributed by atoms with Crippen molar-refractivity contribution in [1.82, 2.24) is 0 Å². The van der Waals surface area contributed by atoms with Crippen molar-refractivity contribution in [2.45, 2.75) is 6.54 Å². The smallest absolute Gasteiger partial charge is 0.294 e. The standard InChI is InChI=1S/C13H8ClF3N2O2/c14-8-4-13(19(20)21)12(5-10(8)16)18-6-7-1-2-9(15)11(17)3-7/h1-5,18H,6H2. The van der Waals surface area contributed by atoms with Crippen LogP contribution in [0, 0.1) is 27.6 Å². The summed E-state index contributed by atoms with van der Waals surface area (Å²) in [6.07, 6.45) is 0. The largest absolute Gasteiger partial charge is 0.375 e. The van der Waals surface area contributed by atoms with Gasteiger partial charge >= 0.3 is 0 Å². The highest BCUT2D eigenvalue weighted by molar-refractivity contribution is 6.31. The number of nitrogens with one attached hydrogen (secondary N) is 1. The Morgan fingerprint density at radius 1 is 1.10 bits per heavy atom. The third kappa shape index (κ3) is 3.43. The van der Waals surface area contributed by atoms with Crippen LogP contribution in [0.3, 0.4) is 0 Å². The molecule has 2 aromatic rings. The van der Waals surface area contributed by atoms with Gasteiger partial charge in [-0.2, -0.15) is 0 Å². The van der Waals surface area contributed by atoms with Crippen LogP contribution in [-0.2, 0) is 6.54 Å². The Labute approximate surface area is 122 Å². The van der Waals surface area contributed by atoms with E-state index in [1.54, 1.807) is 0 Å². The maximum absolute atomic E-state index is 13.4. The molecule has 0 fully saturated rings. The van der Waals surface area contributed by atoms with E-state index < -0.39 is 28.1 Å². The van der Waals surface area contributed by atoms with Gasteiger partial charge in [0.05, 0.1) is 9.95 Å². The number of rotatable bonds is 4. The average molecular weight is 317 g/mol. The molecule has 0 bridgehead atoms. The molecule has 8 heteroatoms. The van der Waals surface area contributed by atoms with E-state index in [0.717, 1.165) is 24.3 Å². The molecule has 2 aromatic carbocycles. The van der Waals surface area contributed by atoms with Crippen molar-refractivity contribution in [2.75, 3.05) is 5.32 Å². The molecule has 0 saturated carbocycles. The van der Waals surface area contributed by atoms with E-state index in [1.165, 1.54) is 6.07 Å². The molecular weight excluding hydrogens is 309 g/mol. The molecule has 0 saturated heterocycles. The van der Waals surface area contributed by atoms with Gasteiger partial charge in [-0.3, -0.25) is 10.1 Å². The Morgan fingerprint density at radius 2 is 1.81 bits per heavy atom. The summed E-state index contributed by atoms with van der Waals surface area (Å²) in [5, 5.41) is 13.1. The molecule has 1 N–H and O–H groups in total. The molecule has 110 valence electrons. The summed E-state index contributed by atoms with van der Waals surface area (Å²) in [4.78, 5) is 10.1. The Kier molecular flexibility index (Phi) is 4.32. The van der Waals surface area contributed by atoms with Gasteiger partial charge in [0.2, 0.25) is 0 Å². The zero-order valence-electron chi connectivity index (χ0n) is 10.4. The summed E-state index contributed by atoms with van der Waals surface area (Å²) in [7, 11) is 0. The van der Waals surface area contributed by atoms with E-state index in [9.17, 15) is 23.3 Å². The van der Waals surface area contributed by atoms with Crippen molar-refractivity contribution in [3.63, 3.8) is 0 Å². The maximum atomic E-state index is 13.4. The first-order chi connectivity index (χ1) is 9.88. The monoisotopic (exact) mass is 316 g/mol. The third-order valence-electron chi connectivity index (χ3n) is 2.70. The molecular formula is C13H8ClF3N2O2. The number of halogens is 4. The molecule has 0 aliphatic rings. The Hall–Kier alpha value is -2.28. The first-order valence-corrected chi connectivity index (χ1v) is 6.07. The SMILES string of the molecule is O=[N+]([O-])c1cc(Cl)c(F)cc1NCc1ccc(F)c(F)c1. The number of nitrogens with zero attached hydrogens (tertiary/aromatic N) is 1. The summed E-state index contributed by atoms with van der Waals surface area (Å²) in [6.45, 7) is -0.0425. The summed E-state index contributed by atoms with van der Waals surface area (Å²) < 4.78 is 39.2. The number of anilines is 1. The highest BCUT2D eigenvalue weighted by Gasteiger charge is 2.17. The van der Waals surface area contributed by atoms with Gasteiger partial charge < -0.3 is 5.32 Å². The minimum absolute atomic E-state index is 0.0425. The molecule has 21 heavy (non-hydrogen) atoms. The first-order valence-electron chi connectivity index (χ1n) is 5.69. The van der Waals surface area contributed by atoms with E-state index in [4.69, 9.17) is 11.6 Å². The lowest BCUT2D eigenvalue weighted by atomic mass is 10.2. The normalized spacial score (nSPS) is 10.5. The van der Waals surface area contributed by atoms with Crippen LogP contribution in [-0.4, -0.2) is 4.92 Å². The van der Waals surface area contributed by atoms with Gasteiger partial charge in [0, 0.05) is 18.7 Å². The van der Waals surface area contributed by atoms with E-state index in [1.807, 2.05) is 0 Å². The Morgan fingerprint density at radius 3 is 2.43 bits per heavy atom. The van der Waals surface area contributed by atoms with Crippen molar-refractivity contribution < 1.29 is 18.1 Å². The highest BCUT2D eigenvalue weighted by atomic mass is 35.5. The van der Waals surface area contributed by atoms with Crippen LogP contribution in [0.25, 0.3) is 0 Å². The quantitative estimate of drug-likeness (QED) is 0.676. The summed E-state index contributed by atoms with van der Waals surface area (Å²) in [6, 6.07) is 4.94. The lowest BCUT2D eigenvalue weighted by Crippen LogP contribution is -2.04. The predicted molar refractivity (Wildman–Crippen MR) is 71.7 cm³/mol. The minimum Gasteiger partial charge on any atom is -0.375 e. The van der Waals surface area contributed by atoms with E-state index >= 15 is 0 Å². The topological polar surface area (TPSA) is 55.2 Å². The van der Waals surface area contributed by atoms with E-state index in [0.29, 0.717) is 5.56 Å². The second-order valence-corrected chi connectivity index (χ2v) is 4.55. The lowest BCUT2D eigenvalue weighted by molar-refractivity contribution is -0.384. The fourth-order valence-corrected chi connectivity index (χ4v) is 1.83. The Balaban J connectivity index is 2.24. The lowest BCUT2D eigenvalue weighted by Gasteiger charge is -2.08. The van der Waals surface area contributed by atoms with Gasteiger partial charge in [0.1, 0.15) is 11.5 Å². The fourth-order valence-electron chi connectivity index (χ4n) is 1.68. The van der Waals surface area contributed by atoms with E-state index in [2.05, 4.69) is 5.32 Å². The van der Waals surface area contributed by atoms with Crippen LogP contribution in [0.1, 0.15) is 5.56 Å². The fraction of sp³-hybridized carbons (Fsp3) is 0.0769. The van der Waals surface area contributed by atoms with Crippen molar-refractivity contribution in [3.8, 4) is 0 Å². The second kappa shape index (κ2) is 6.01. The van der Waals surface area contributed by atoms with Crippen LogP contribution in [0.2, 0.25) is 5.02 Å². The number of hydrogen-bond acceptors (Lipinski definition) is 3. The van der Waals surface area contributed by atoms with Crippen LogP contribution in [0.5, 0.6) is 0 Å². The molecule has 0 amide bonds. The van der Waals surface area contributed by atoms with Crippen molar-refractivity contribution in [2.24, 2.45) is 0 Å². The first kappa shape index (κ1) is 15.1. The second-order valence-electron chi connectivity index (χ2n) is 4.14. The number of hydrogen-bond donors (Lipinski definition) is 1. The van der Waals surface area contributed by atoms with Crippen molar-refractivity contribution >= 4 is 23.0 Å².